The minimum atomic E-state index is 0.121. The summed E-state index contributed by atoms with van der Waals surface area (Å²) in [5, 5.41) is 4.59. The van der Waals surface area contributed by atoms with Crippen LogP contribution in [0, 0.1) is 5.92 Å². The van der Waals surface area contributed by atoms with Crippen LogP contribution in [0.1, 0.15) is 24.0 Å². The first-order valence-corrected chi connectivity index (χ1v) is 9.85. The zero-order chi connectivity index (χ0) is 18.4. The van der Waals surface area contributed by atoms with E-state index >= 15 is 0 Å². The second-order valence-corrected chi connectivity index (χ2v) is 7.72. The molecule has 0 aliphatic carbocycles. The van der Waals surface area contributed by atoms with Crippen LogP contribution in [0.3, 0.4) is 0 Å². The summed E-state index contributed by atoms with van der Waals surface area (Å²) in [5.41, 5.74) is 2.41. The Morgan fingerprint density at radius 2 is 1.73 bits per heavy atom. The molecule has 0 bridgehead atoms. The molecule has 3 nitrogen and oxygen atoms in total. The van der Waals surface area contributed by atoms with E-state index in [-0.39, 0.29) is 11.8 Å². The lowest BCUT2D eigenvalue weighted by Gasteiger charge is -2.31. The van der Waals surface area contributed by atoms with Crippen molar-refractivity contribution in [3.8, 4) is 0 Å². The Hall–Kier alpha value is -1.55. The number of likely N-dealkylation sites (tertiary alicyclic amines) is 1. The molecule has 1 aliphatic heterocycles. The fourth-order valence-electron chi connectivity index (χ4n) is 3.37. The van der Waals surface area contributed by atoms with Gasteiger partial charge in [0.05, 0.1) is 0 Å². The number of rotatable bonds is 6. The van der Waals surface area contributed by atoms with Crippen molar-refractivity contribution in [3.05, 3.63) is 69.7 Å². The maximum Gasteiger partial charge on any atom is 0.223 e. The number of hydrogen-bond acceptors (Lipinski definition) is 2. The van der Waals surface area contributed by atoms with Crippen molar-refractivity contribution in [2.24, 2.45) is 5.92 Å². The van der Waals surface area contributed by atoms with Gasteiger partial charge in [-0.05, 0) is 67.7 Å². The number of hydrogen-bond donors (Lipinski definition) is 1. The third-order valence-electron chi connectivity index (χ3n) is 4.88. The van der Waals surface area contributed by atoms with Gasteiger partial charge in [0.25, 0.3) is 0 Å². The molecule has 3 rings (SSSR count). The van der Waals surface area contributed by atoms with Crippen molar-refractivity contribution in [2.75, 3.05) is 19.6 Å². The molecule has 1 amide bonds. The molecule has 26 heavy (non-hydrogen) atoms. The largest absolute Gasteiger partial charge is 0.356 e. The highest BCUT2D eigenvalue weighted by atomic mass is 35.5. The van der Waals surface area contributed by atoms with Gasteiger partial charge in [0.15, 0.2) is 0 Å². The number of amides is 1. The predicted molar refractivity (Wildman–Crippen MR) is 108 cm³/mol. The maximum atomic E-state index is 12.4. The van der Waals surface area contributed by atoms with E-state index in [9.17, 15) is 4.79 Å². The highest BCUT2D eigenvalue weighted by Crippen LogP contribution is 2.20. The number of nitrogens with zero attached hydrogens (tertiary/aromatic N) is 1. The summed E-state index contributed by atoms with van der Waals surface area (Å²) in [7, 11) is 0. The average molecular weight is 391 g/mol. The summed E-state index contributed by atoms with van der Waals surface area (Å²) in [6.07, 6.45) is 2.65. The van der Waals surface area contributed by atoms with Crippen LogP contribution in [0.15, 0.2) is 48.5 Å². The van der Waals surface area contributed by atoms with Crippen molar-refractivity contribution >= 4 is 29.1 Å². The summed E-state index contributed by atoms with van der Waals surface area (Å²) >= 11 is 11.9. The Balaban J connectivity index is 1.38. The first-order chi connectivity index (χ1) is 12.6. The van der Waals surface area contributed by atoms with Crippen LogP contribution >= 0.6 is 23.2 Å². The smallest absolute Gasteiger partial charge is 0.223 e. The lowest BCUT2D eigenvalue weighted by atomic mass is 9.95. The first kappa shape index (κ1) is 19.2. The number of piperidine rings is 1. The lowest BCUT2D eigenvalue weighted by Crippen LogP contribution is -2.40. The number of benzene rings is 2. The Labute approximate surface area is 165 Å². The second kappa shape index (κ2) is 9.40. The minimum Gasteiger partial charge on any atom is -0.356 e. The van der Waals surface area contributed by atoms with Crippen LogP contribution in [0.25, 0.3) is 0 Å². The summed E-state index contributed by atoms with van der Waals surface area (Å²) in [4.78, 5) is 14.8. The van der Waals surface area contributed by atoms with Crippen molar-refractivity contribution in [3.63, 3.8) is 0 Å². The lowest BCUT2D eigenvalue weighted by molar-refractivity contribution is -0.126. The van der Waals surface area contributed by atoms with Crippen molar-refractivity contribution < 1.29 is 4.79 Å². The third kappa shape index (κ3) is 5.73. The van der Waals surface area contributed by atoms with E-state index in [0.717, 1.165) is 48.9 Å². The van der Waals surface area contributed by atoms with E-state index < -0.39 is 0 Å². The topological polar surface area (TPSA) is 32.3 Å². The molecule has 138 valence electrons. The van der Waals surface area contributed by atoms with E-state index in [1.807, 2.05) is 42.5 Å². The molecular formula is C21H24Cl2N2O. The van der Waals surface area contributed by atoms with Gasteiger partial charge >= 0.3 is 0 Å². The zero-order valence-electron chi connectivity index (χ0n) is 14.8. The van der Waals surface area contributed by atoms with Gasteiger partial charge in [-0.1, -0.05) is 47.5 Å². The van der Waals surface area contributed by atoms with Crippen molar-refractivity contribution in [1.82, 2.24) is 10.2 Å². The number of carbonyl (C=O) groups is 1. The fraction of sp³-hybridized carbons (Fsp3) is 0.381. The molecule has 1 saturated heterocycles. The van der Waals surface area contributed by atoms with Crippen LogP contribution in [0.4, 0.5) is 0 Å². The monoisotopic (exact) mass is 390 g/mol. The molecule has 5 heteroatoms. The molecule has 1 fully saturated rings. The summed E-state index contributed by atoms with van der Waals surface area (Å²) in [5.74, 6) is 0.303. The van der Waals surface area contributed by atoms with Gasteiger partial charge in [0, 0.05) is 29.1 Å². The molecule has 1 aliphatic rings. The third-order valence-corrected chi connectivity index (χ3v) is 5.37. The number of halogens is 2. The highest BCUT2D eigenvalue weighted by molar-refractivity contribution is 6.30. The van der Waals surface area contributed by atoms with Gasteiger partial charge < -0.3 is 5.32 Å². The van der Waals surface area contributed by atoms with E-state index in [1.54, 1.807) is 0 Å². The SMILES string of the molecule is O=C(NCCc1ccc(Cl)cc1)C1CCN(Cc2cccc(Cl)c2)CC1. The average Bonchev–Trinajstić information content (AvgIpc) is 2.64. The molecule has 0 unspecified atom stereocenters. The van der Waals surface area contributed by atoms with Gasteiger partial charge in [-0.3, -0.25) is 9.69 Å². The van der Waals surface area contributed by atoms with Crippen LogP contribution in [-0.2, 0) is 17.8 Å². The first-order valence-electron chi connectivity index (χ1n) is 9.09. The normalized spacial score (nSPS) is 15.8. The number of nitrogens with one attached hydrogen (secondary N) is 1. The summed E-state index contributed by atoms with van der Waals surface area (Å²) in [6, 6.07) is 15.8. The predicted octanol–water partition coefficient (Wildman–Crippen LogP) is 4.56. The fourth-order valence-corrected chi connectivity index (χ4v) is 3.71. The summed E-state index contributed by atoms with van der Waals surface area (Å²) in [6.45, 7) is 3.46. The molecule has 1 N–H and O–H groups in total. The molecule has 0 atom stereocenters. The zero-order valence-corrected chi connectivity index (χ0v) is 16.3. The second-order valence-electron chi connectivity index (χ2n) is 6.85. The van der Waals surface area contributed by atoms with Gasteiger partial charge in [-0.25, -0.2) is 0 Å². The molecule has 0 spiro atoms. The van der Waals surface area contributed by atoms with Gasteiger partial charge in [-0.15, -0.1) is 0 Å². The van der Waals surface area contributed by atoms with Crippen LogP contribution in [0.2, 0.25) is 10.0 Å². The standard InChI is InChI=1S/C21H24Cl2N2O/c22-19-6-4-16(5-7-19)8-11-24-21(26)18-9-12-25(13-10-18)15-17-2-1-3-20(23)14-17/h1-7,14,18H,8-13,15H2,(H,24,26). The molecule has 0 saturated carbocycles. The Bertz CT molecular complexity index is 725. The Morgan fingerprint density at radius 3 is 2.42 bits per heavy atom. The highest BCUT2D eigenvalue weighted by Gasteiger charge is 2.24. The summed E-state index contributed by atoms with van der Waals surface area (Å²) < 4.78 is 0. The van der Waals surface area contributed by atoms with E-state index in [4.69, 9.17) is 23.2 Å². The van der Waals surface area contributed by atoms with Crippen LogP contribution in [0.5, 0.6) is 0 Å². The van der Waals surface area contributed by atoms with Crippen molar-refractivity contribution in [1.29, 1.82) is 0 Å². The van der Waals surface area contributed by atoms with Gasteiger partial charge in [0.1, 0.15) is 0 Å². The van der Waals surface area contributed by atoms with Crippen LogP contribution in [-0.4, -0.2) is 30.4 Å². The molecular weight excluding hydrogens is 367 g/mol. The number of carbonyl (C=O) groups excluding carboxylic acids is 1. The quantitative estimate of drug-likeness (QED) is 0.783. The Kier molecular flexibility index (Phi) is 6.95. The van der Waals surface area contributed by atoms with Crippen LogP contribution < -0.4 is 5.32 Å². The maximum absolute atomic E-state index is 12.4. The van der Waals surface area contributed by atoms with Gasteiger partial charge in [0.2, 0.25) is 5.91 Å². The minimum absolute atomic E-state index is 0.121. The molecule has 0 aromatic heterocycles. The molecule has 2 aromatic carbocycles. The van der Waals surface area contributed by atoms with E-state index in [2.05, 4.69) is 16.3 Å². The van der Waals surface area contributed by atoms with Crippen molar-refractivity contribution in [2.45, 2.75) is 25.8 Å². The van der Waals surface area contributed by atoms with E-state index in [0.29, 0.717) is 6.54 Å². The Morgan fingerprint density at radius 1 is 1.00 bits per heavy atom. The van der Waals surface area contributed by atoms with Gasteiger partial charge in [-0.2, -0.15) is 0 Å². The molecule has 0 radical (unpaired) electrons. The molecule has 2 aromatic rings. The van der Waals surface area contributed by atoms with E-state index in [1.165, 1.54) is 11.1 Å². The molecule has 1 heterocycles.